The summed E-state index contributed by atoms with van der Waals surface area (Å²) in [5.74, 6) is -1.40. The molecule has 5 nitrogen and oxygen atoms in total. The summed E-state index contributed by atoms with van der Waals surface area (Å²) in [5, 5.41) is 12.4. The van der Waals surface area contributed by atoms with Gasteiger partial charge in [0, 0.05) is 11.6 Å². The second kappa shape index (κ2) is 6.14. The lowest BCUT2D eigenvalue weighted by Crippen LogP contribution is -2.40. The van der Waals surface area contributed by atoms with Crippen LogP contribution in [0.4, 0.5) is 0 Å². The summed E-state index contributed by atoms with van der Waals surface area (Å²) in [4.78, 5) is 27.5. The Bertz CT molecular complexity index is 635. The van der Waals surface area contributed by atoms with E-state index in [0.717, 1.165) is 0 Å². The number of amides is 1. The van der Waals surface area contributed by atoms with Crippen LogP contribution in [0.2, 0.25) is 0 Å². The first-order chi connectivity index (χ1) is 9.63. The number of rotatable bonds is 5. The molecule has 0 saturated carbocycles. The predicted molar refractivity (Wildman–Crippen MR) is 75.5 cm³/mol. The molecule has 0 aliphatic heterocycles. The summed E-state index contributed by atoms with van der Waals surface area (Å²) in [5.41, 5.74) is 1.15. The fourth-order valence-corrected chi connectivity index (χ4v) is 2.08. The Morgan fingerprint density at radius 3 is 2.75 bits per heavy atom. The van der Waals surface area contributed by atoms with E-state index in [2.05, 4.69) is 10.3 Å². The number of nitrogens with zero attached hydrogens (tertiary/aromatic N) is 1. The molecular weight excluding hydrogens is 256 g/mol. The Morgan fingerprint density at radius 2 is 2.05 bits per heavy atom. The average molecular weight is 272 g/mol. The van der Waals surface area contributed by atoms with E-state index in [-0.39, 0.29) is 5.91 Å². The summed E-state index contributed by atoms with van der Waals surface area (Å²) in [6, 6.07) is 8.01. The first-order valence-corrected chi connectivity index (χ1v) is 6.51. The summed E-state index contributed by atoms with van der Waals surface area (Å²) in [6.45, 7) is 1.88. The van der Waals surface area contributed by atoms with Crippen LogP contribution in [-0.4, -0.2) is 28.0 Å². The van der Waals surface area contributed by atoms with E-state index in [1.807, 2.05) is 25.1 Å². The molecule has 5 heteroatoms. The molecular formula is C15H16N2O3. The van der Waals surface area contributed by atoms with Crippen LogP contribution in [-0.2, 0) is 4.79 Å². The third kappa shape index (κ3) is 2.93. The average Bonchev–Trinajstić information content (AvgIpc) is 2.46. The third-order valence-electron chi connectivity index (χ3n) is 3.07. The molecule has 1 aromatic carbocycles. The molecule has 1 heterocycles. The topological polar surface area (TPSA) is 79.3 Å². The molecule has 1 atom stereocenters. The number of aromatic nitrogens is 1. The normalized spacial score (nSPS) is 12.1. The second-order valence-electron chi connectivity index (χ2n) is 4.53. The van der Waals surface area contributed by atoms with E-state index in [1.54, 1.807) is 18.3 Å². The maximum atomic E-state index is 12.2. The van der Waals surface area contributed by atoms with Gasteiger partial charge in [-0.15, -0.1) is 0 Å². The number of nitrogens with one attached hydrogen (secondary N) is 1. The number of carbonyl (C=O) groups is 2. The zero-order chi connectivity index (χ0) is 14.5. The van der Waals surface area contributed by atoms with Crippen molar-refractivity contribution in [3.8, 4) is 0 Å². The van der Waals surface area contributed by atoms with Crippen molar-refractivity contribution in [3.63, 3.8) is 0 Å². The first kappa shape index (κ1) is 14.0. The molecule has 0 spiro atoms. The molecule has 20 heavy (non-hydrogen) atoms. The second-order valence-corrected chi connectivity index (χ2v) is 4.53. The lowest BCUT2D eigenvalue weighted by atomic mass is 10.1. The van der Waals surface area contributed by atoms with E-state index in [4.69, 9.17) is 5.11 Å². The molecule has 0 aliphatic carbocycles. The lowest BCUT2D eigenvalue weighted by molar-refractivity contribution is -0.139. The van der Waals surface area contributed by atoms with E-state index in [0.29, 0.717) is 29.3 Å². The summed E-state index contributed by atoms with van der Waals surface area (Å²) in [6.07, 6.45) is 2.64. The predicted octanol–water partition coefficient (Wildman–Crippen LogP) is 2.22. The standard InChI is InChI=1S/C15H16N2O3/c1-2-5-13(15(19)20)17-14(18)11-8-9-16-12-7-4-3-6-10(11)12/h3-4,6-9,13H,2,5H2,1H3,(H,17,18)(H,19,20). The fourth-order valence-electron chi connectivity index (χ4n) is 2.08. The number of aliphatic carboxylic acids is 1. The van der Waals surface area contributed by atoms with Crippen molar-refractivity contribution >= 4 is 22.8 Å². The molecule has 0 radical (unpaired) electrons. The van der Waals surface area contributed by atoms with Gasteiger partial charge in [0.25, 0.3) is 5.91 Å². The Balaban J connectivity index is 2.29. The van der Waals surface area contributed by atoms with Crippen LogP contribution in [0, 0.1) is 0 Å². The number of carboxylic acid groups (broad SMARTS) is 1. The third-order valence-corrected chi connectivity index (χ3v) is 3.07. The number of fused-ring (bicyclic) bond motifs is 1. The molecule has 0 bridgehead atoms. The van der Waals surface area contributed by atoms with Gasteiger partial charge in [0.2, 0.25) is 0 Å². The molecule has 1 amide bonds. The van der Waals surface area contributed by atoms with Crippen molar-refractivity contribution in [1.82, 2.24) is 10.3 Å². The zero-order valence-electron chi connectivity index (χ0n) is 11.2. The minimum Gasteiger partial charge on any atom is -0.480 e. The smallest absolute Gasteiger partial charge is 0.326 e. The highest BCUT2D eigenvalue weighted by Gasteiger charge is 2.20. The maximum absolute atomic E-state index is 12.2. The number of benzene rings is 1. The number of carbonyl (C=O) groups excluding carboxylic acids is 1. The van der Waals surface area contributed by atoms with Crippen molar-refractivity contribution in [3.05, 3.63) is 42.1 Å². The summed E-state index contributed by atoms with van der Waals surface area (Å²) >= 11 is 0. The van der Waals surface area contributed by atoms with Crippen LogP contribution in [0.15, 0.2) is 36.5 Å². The Morgan fingerprint density at radius 1 is 1.30 bits per heavy atom. The molecule has 1 aromatic heterocycles. The van der Waals surface area contributed by atoms with Crippen LogP contribution >= 0.6 is 0 Å². The van der Waals surface area contributed by atoms with Crippen LogP contribution in [0.5, 0.6) is 0 Å². The molecule has 1 unspecified atom stereocenters. The number of hydrogen-bond acceptors (Lipinski definition) is 3. The zero-order valence-corrected chi connectivity index (χ0v) is 11.2. The highest BCUT2D eigenvalue weighted by Crippen LogP contribution is 2.16. The SMILES string of the molecule is CCCC(NC(=O)c1ccnc2ccccc12)C(=O)O. The summed E-state index contributed by atoms with van der Waals surface area (Å²) < 4.78 is 0. The summed E-state index contributed by atoms with van der Waals surface area (Å²) in [7, 11) is 0. The van der Waals surface area contributed by atoms with E-state index < -0.39 is 12.0 Å². The Kier molecular flexibility index (Phi) is 4.30. The quantitative estimate of drug-likeness (QED) is 0.874. The van der Waals surface area contributed by atoms with Crippen molar-refractivity contribution < 1.29 is 14.7 Å². The molecule has 104 valence electrons. The Labute approximate surface area is 116 Å². The van der Waals surface area contributed by atoms with Gasteiger partial charge in [-0.25, -0.2) is 4.79 Å². The number of hydrogen-bond donors (Lipinski definition) is 2. The van der Waals surface area contributed by atoms with Gasteiger partial charge in [-0.05, 0) is 18.6 Å². The minimum atomic E-state index is -1.02. The van der Waals surface area contributed by atoms with Gasteiger partial charge in [-0.3, -0.25) is 9.78 Å². The number of para-hydroxylation sites is 1. The van der Waals surface area contributed by atoms with E-state index in [1.165, 1.54) is 0 Å². The highest BCUT2D eigenvalue weighted by molar-refractivity contribution is 6.06. The first-order valence-electron chi connectivity index (χ1n) is 6.51. The monoisotopic (exact) mass is 272 g/mol. The van der Waals surface area contributed by atoms with E-state index >= 15 is 0 Å². The van der Waals surface area contributed by atoms with Crippen molar-refractivity contribution in [2.24, 2.45) is 0 Å². The minimum absolute atomic E-state index is 0.385. The van der Waals surface area contributed by atoms with Gasteiger partial charge in [0.05, 0.1) is 11.1 Å². The van der Waals surface area contributed by atoms with Crippen LogP contribution < -0.4 is 5.32 Å². The fraction of sp³-hybridized carbons (Fsp3) is 0.267. The van der Waals surface area contributed by atoms with Gasteiger partial charge < -0.3 is 10.4 Å². The van der Waals surface area contributed by atoms with Crippen LogP contribution in [0.25, 0.3) is 10.9 Å². The highest BCUT2D eigenvalue weighted by atomic mass is 16.4. The van der Waals surface area contributed by atoms with Gasteiger partial charge in [-0.1, -0.05) is 31.5 Å². The molecule has 0 fully saturated rings. The van der Waals surface area contributed by atoms with Crippen LogP contribution in [0.3, 0.4) is 0 Å². The van der Waals surface area contributed by atoms with Crippen molar-refractivity contribution in [2.75, 3.05) is 0 Å². The Hall–Kier alpha value is -2.43. The van der Waals surface area contributed by atoms with Gasteiger partial charge in [-0.2, -0.15) is 0 Å². The molecule has 2 N–H and O–H groups in total. The maximum Gasteiger partial charge on any atom is 0.326 e. The lowest BCUT2D eigenvalue weighted by Gasteiger charge is -2.14. The molecule has 0 aliphatic rings. The molecule has 2 rings (SSSR count). The van der Waals surface area contributed by atoms with Gasteiger partial charge >= 0.3 is 5.97 Å². The van der Waals surface area contributed by atoms with Crippen molar-refractivity contribution in [2.45, 2.75) is 25.8 Å². The van der Waals surface area contributed by atoms with Crippen molar-refractivity contribution in [1.29, 1.82) is 0 Å². The molecule has 0 saturated heterocycles. The number of pyridine rings is 1. The number of carboxylic acids is 1. The molecule has 2 aromatic rings. The largest absolute Gasteiger partial charge is 0.480 e. The van der Waals surface area contributed by atoms with Crippen LogP contribution in [0.1, 0.15) is 30.1 Å². The van der Waals surface area contributed by atoms with E-state index in [9.17, 15) is 9.59 Å². The van der Waals surface area contributed by atoms with Gasteiger partial charge in [0.1, 0.15) is 6.04 Å². The van der Waals surface area contributed by atoms with Gasteiger partial charge in [0.15, 0.2) is 0 Å².